The lowest BCUT2D eigenvalue weighted by Gasteiger charge is -2.12. The highest BCUT2D eigenvalue weighted by molar-refractivity contribution is 14.1. The van der Waals surface area contributed by atoms with Crippen LogP contribution in [-0.2, 0) is 11.4 Å². The van der Waals surface area contributed by atoms with Crippen LogP contribution in [0, 0.1) is 27.6 Å². The summed E-state index contributed by atoms with van der Waals surface area (Å²) in [7, 11) is 0. The van der Waals surface area contributed by atoms with Crippen LogP contribution in [0.5, 0.6) is 5.75 Å². The maximum atomic E-state index is 13.8. The molecule has 0 heterocycles. The number of benzene rings is 3. The van der Waals surface area contributed by atoms with E-state index in [-0.39, 0.29) is 18.0 Å². The second kappa shape index (κ2) is 10.9. The van der Waals surface area contributed by atoms with Crippen molar-refractivity contribution in [3.05, 3.63) is 95.7 Å². The number of rotatable bonds is 6. The van der Waals surface area contributed by atoms with Crippen LogP contribution in [-0.4, -0.2) is 5.91 Å². The van der Waals surface area contributed by atoms with E-state index in [2.05, 4.69) is 43.8 Å². The van der Waals surface area contributed by atoms with Gasteiger partial charge in [0.05, 0.1) is 8.04 Å². The zero-order chi connectivity index (χ0) is 23.3. The fourth-order valence-electron chi connectivity index (χ4n) is 2.75. The highest BCUT2D eigenvalue weighted by atomic mass is 127. The Balaban J connectivity index is 1.78. The highest BCUT2D eigenvalue weighted by Crippen LogP contribution is 2.33. The minimum Gasteiger partial charge on any atom is -0.486 e. The third kappa shape index (κ3) is 6.09. The minimum absolute atomic E-state index is 0.0653. The number of nitriles is 1. The summed E-state index contributed by atoms with van der Waals surface area (Å²) in [5.74, 6) is -0.334. The monoisotopic (exact) mass is 624 g/mol. The minimum atomic E-state index is -0.543. The van der Waals surface area contributed by atoms with Crippen LogP contribution in [0.1, 0.15) is 16.7 Å². The van der Waals surface area contributed by atoms with E-state index in [1.165, 1.54) is 12.1 Å². The Morgan fingerprint density at radius 3 is 2.69 bits per heavy atom. The zero-order valence-electron chi connectivity index (χ0n) is 16.8. The van der Waals surface area contributed by atoms with Crippen LogP contribution in [0.4, 0.5) is 10.1 Å². The number of amides is 1. The third-order valence-corrected chi connectivity index (χ3v) is 6.25. The second-order valence-corrected chi connectivity index (χ2v) is 9.21. The number of carbonyl (C=O) groups is 1. The molecule has 162 valence electrons. The number of aryl methyl sites for hydroxylation is 1. The summed E-state index contributed by atoms with van der Waals surface area (Å²) in [6.45, 7) is 1.93. The molecule has 0 saturated heterocycles. The number of carbonyl (C=O) groups excluding carboxylic acids is 1. The lowest BCUT2D eigenvalue weighted by Crippen LogP contribution is -2.13. The van der Waals surface area contributed by atoms with Crippen molar-refractivity contribution in [1.82, 2.24) is 0 Å². The van der Waals surface area contributed by atoms with Crippen LogP contribution in [0.2, 0.25) is 5.02 Å². The van der Waals surface area contributed by atoms with Crippen molar-refractivity contribution in [3.8, 4) is 11.8 Å². The maximum Gasteiger partial charge on any atom is 0.266 e. The van der Waals surface area contributed by atoms with E-state index in [0.717, 1.165) is 9.13 Å². The van der Waals surface area contributed by atoms with E-state index in [9.17, 15) is 14.4 Å². The summed E-state index contributed by atoms with van der Waals surface area (Å²) in [5.41, 5.74) is 2.40. The number of hydrogen-bond donors (Lipinski definition) is 1. The molecule has 0 aromatic heterocycles. The summed E-state index contributed by atoms with van der Waals surface area (Å²) in [6, 6.07) is 17.0. The zero-order valence-corrected chi connectivity index (χ0v) is 21.3. The van der Waals surface area contributed by atoms with E-state index < -0.39 is 5.91 Å². The highest BCUT2D eigenvalue weighted by Gasteiger charge is 2.14. The first-order chi connectivity index (χ1) is 15.3. The summed E-state index contributed by atoms with van der Waals surface area (Å²) in [4.78, 5) is 12.6. The predicted octanol–water partition coefficient (Wildman–Crippen LogP) is 7.28. The van der Waals surface area contributed by atoms with Crippen molar-refractivity contribution in [1.29, 1.82) is 5.26 Å². The van der Waals surface area contributed by atoms with E-state index >= 15 is 0 Å². The average Bonchev–Trinajstić information content (AvgIpc) is 2.75. The molecule has 0 bridgehead atoms. The van der Waals surface area contributed by atoms with Gasteiger partial charge in [0.2, 0.25) is 0 Å². The quantitative estimate of drug-likeness (QED) is 0.178. The van der Waals surface area contributed by atoms with Gasteiger partial charge in [0.15, 0.2) is 0 Å². The Morgan fingerprint density at radius 2 is 2.03 bits per heavy atom. The number of ether oxygens (including phenoxy) is 1. The van der Waals surface area contributed by atoms with Gasteiger partial charge in [-0.25, -0.2) is 4.39 Å². The third-order valence-electron chi connectivity index (χ3n) is 4.46. The molecule has 0 aliphatic rings. The molecule has 0 radical (unpaired) electrons. The standard InChI is InChI=1S/C24H16BrClFIN2O2/c1-14-6-7-18(11-20(14)26)30-24(31)17(12-29)8-15-9-19(25)23(22(28)10-15)32-13-16-4-2-3-5-21(16)27/h2-11H,13H2,1H3,(H,30,31)/b17-8-. The molecule has 0 atom stereocenters. The fraction of sp³-hybridized carbons (Fsp3) is 0.0833. The van der Waals surface area contributed by atoms with Crippen molar-refractivity contribution in [2.75, 3.05) is 5.32 Å². The molecule has 0 spiro atoms. The van der Waals surface area contributed by atoms with Crippen LogP contribution in [0.3, 0.4) is 0 Å². The normalized spacial score (nSPS) is 11.1. The topological polar surface area (TPSA) is 62.1 Å². The van der Waals surface area contributed by atoms with Gasteiger partial charge in [-0.3, -0.25) is 4.79 Å². The fourth-order valence-corrected chi connectivity index (χ4v) is 4.70. The molecule has 0 saturated carbocycles. The molecular formula is C24H16BrClFIN2O2. The van der Waals surface area contributed by atoms with Gasteiger partial charge in [-0.1, -0.05) is 35.9 Å². The Kier molecular flexibility index (Phi) is 8.29. The number of hydrogen-bond acceptors (Lipinski definition) is 3. The van der Waals surface area contributed by atoms with Gasteiger partial charge >= 0.3 is 0 Å². The number of halogens is 4. The largest absolute Gasteiger partial charge is 0.486 e. The van der Waals surface area contributed by atoms with Crippen LogP contribution >= 0.6 is 50.1 Å². The first-order valence-electron chi connectivity index (χ1n) is 9.33. The molecule has 3 aromatic rings. The van der Waals surface area contributed by atoms with Gasteiger partial charge < -0.3 is 10.1 Å². The summed E-state index contributed by atoms with van der Waals surface area (Å²) < 4.78 is 21.0. The molecule has 3 aromatic carbocycles. The van der Waals surface area contributed by atoms with E-state index in [0.29, 0.717) is 32.1 Å². The Hall–Kier alpha value is -2.41. The lowest BCUT2D eigenvalue weighted by molar-refractivity contribution is -0.112. The molecule has 0 aliphatic heterocycles. The summed E-state index contributed by atoms with van der Waals surface area (Å²) >= 11 is 11.6. The van der Waals surface area contributed by atoms with Crippen LogP contribution in [0.25, 0.3) is 6.08 Å². The van der Waals surface area contributed by atoms with Crippen molar-refractivity contribution in [2.45, 2.75) is 13.5 Å². The Bertz CT molecular complexity index is 1230. The SMILES string of the molecule is Cc1ccc(NC(=O)/C(C#N)=C\c2cc(Br)c(OCc3ccccc3F)c(I)c2)cc1Cl. The molecule has 1 amide bonds. The first kappa shape index (κ1) is 24.2. The first-order valence-corrected chi connectivity index (χ1v) is 11.6. The van der Waals surface area contributed by atoms with Crippen molar-refractivity contribution in [3.63, 3.8) is 0 Å². The number of anilines is 1. The predicted molar refractivity (Wildman–Crippen MR) is 136 cm³/mol. The average molecular weight is 626 g/mol. The van der Waals surface area contributed by atoms with Crippen molar-refractivity contribution < 1.29 is 13.9 Å². The maximum absolute atomic E-state index is 13.8. The molecule has 0 unspecified atom stereocenters. The van der Waals surface area contributed by atoms with Crippen LogP contribution < -0.4 is 10.1 Å². The van der Waals surface area contributed by atoms with Gasteiger partial charge in [0.25, 0.3) is 5.91 Å². The summed E-state index contributed by atoms with van der Waals surface area (Å²) in [6.07, 6.45) is 1.48. The van der Waals surface area contributed by atoms with Gasteiger partial charge in [-0.05, 0) is 93.0 Å². The number of nitrogens with zero attached hydrogens (tertiary/aromatic N) is 1. The molecule has 8 heteroatoms. The van der Waals surface area contributed by atoms with Crippen molar-refractivity contribution in [2.24, 2.45) is 0 Å². The molecule has 0 aliphatic carbocycles. The molecule has 0 fully saturated rings. The van der Waals surface area contributed by atoms with Crippen molar-refractivity contribution >= 4 is 67.8 Å². The van der Waals surface area contributed by atoms with Gasteiger partial charge in [-0.2, -0.15) is 5.26 Å². The van der Waals surface area contributed by atoms with Crippen LogP contribution in [0.15, 0.2) is 64.6 Å². The molecule has 32 heavy (non-hydrogen) atoms. The smallest absolute Gasteiger partial charge is 0.266 e. The second-order valence-electron chi connectivity index (χ2n) is 6.78. The summed E-state index contributed by atoms with van der Waals surface area (Å²) in [5, 5.41) is 12.7. The Labute approximate surface area is 212 Å². The van der Waals surface area contributed by atoms with Gasteiger partial charge in [0.1, 0.15) is 29.8 Å². The molecule has 3 rings (SSSR count). The lowest BCUT2D eigenvalue weighted by atomic mass is 10.1. The molecule has 1 N–H and O–H groups in total. The van der Waals surface area contributed by atoms with E-state index in [1.807, 2.05) is 13.0 Å². The molecular weight excluding hydrogens is 610 g/mol. The van der Waals surface area contributed by atoms with E-state index in [1.54, 1.807) is 48.5 Å². The number of nitrogens with one attached hydrogen (secondary N) is 1. The Morgan fingerprint density at radius 1 is 1.28 bits per heavy atom. The van der Waals surface area contributed by atoms with Gasteiger partial charge in [0, 0.05) is 16.3 Å². The van der Waals surface area contributed by atoms with E-state index in [4.69, 9.17) is 16.3 Å². The molecule has 4 nitrogen and oxygen atoms in total. The van der Waals surface area contributed by atoms with Gasteiger partial charge in [-0.15, -0.1) is 0 Å².